The van der Waals surface area contributed by atoms with Crippen LogP contribution in [0.25, 0.3) is 11.0 Å². The van der Waals surface area contributed by atoms with Crippen LogP contribution in [0.2, 0.25) is 0 Å². The van der Waals surface area contributed by atoms with E-state index in [0.717, 1.165) is 18.3 Å². The van der Waals surface area contributed by atoms with E-state index >= 15 is 0 Å². The van der Waals surface area contributed by atoms with Crippen molar-refractivity contribution in [3.63, 3.8) is 0 Å². The van der Waals surface area contributed by atoms with Gasteiger partial charge in [0.2, 0.25) is 0 Å². The van der Waals surface area contributed by atoms with Gasteiger partial charge in [-0.05, 0) is 47.1 Å². The van der Waals surface area contributed by atoms with E-state index in [2.05, 4.69) is 26.5 Å². The Bertz CT molecular complexity index is 1090. The van der Waals surface area contributed by atoms with Gasteiger partial charge >= 0.3 is 5.91 Å². The van der Waals surface area contributed by atoms with Crippen LogP contribution in [0, 0.1) is 10.1 Å². The maximum atomic E-state index is 12.2. The number of ether oxygens (including phenoxy) is 1. The van der Waals surface area contributed by atoms with E-state index in [-0.39, 0.29) is 27.2 Å². The maximum absolute atomic E-state index is 12.2. The number of halogens is 1. The number of hydrogen-bond acceptors (Lipinski definition) is 7. The van der Waals surface area contributed by atoms with E-state index in [1.54, 1.807) is 24.3 Å². The lowest BCUT2D eigenvalue weighted by atomic mass is 10.2. The molecule has 0 spiro atoms. The molecule has 0 aliphatic heterocycles. The number of nitro benzene ring substituents is 1. The molecule has 1 amide bonds. The first-order valence-electron chi connectivity index (χ1n) is 8.05. The Balaban J connectivity index is 1.77. The van der Waals surface area contributed by atoms with Gasteiger partial charge in [0.05, 0.1) is 22.2 Å². The minimum Gasteiger partial charge on any atom is -0.506 e. The summed E-state index contributed by atoms with van der Waals surface area (Å²) in [4.78, 5) is 22.5. The quantitative estimate of drug-likeness (QED) is 0.334. The lowest BCUT2D eigenvalue weighted by molar-refractivity contribution is -0.385. The highest BCUT2D eigenvalue weighted by Gasteiger charge is 2.15. The van der Waals surface area contributed by atoms with E-state index in [1.165, 1.54) is 0 Å². The minimum absolute atomic E-state index is 0.0326. The Morgan fingerprint density at radius 1 is 1.39 bits per heavy atom. The molecule has 3 rings (SSSR count). The fourth-order valence-electron chi connectivity index (χ4n) is 2.41. The highest BCUT2D eigenvalue weighted by atomic mass is 79.9. The largest absolute Gasteiger partial charge is 0.506 e. The summed E-state index contributed by atoms with van der Waals surface area (Å²) in [6.07, 6.45) is 1.10. The van der Waals surface area contributed by atoms with E-state index in [0.29, 0.717) is 23.3 Å². The molecule has 0 aliphatic rings. The highest BCUT2D eigenvalue weighted by molar-refractivity contribution is 9.10. The lowest BCUT2D eigenvalue weighted by Crippen LogP contribution is -2.16. The van der Waals surface area contributed by atoms with Gasteiger partial charge in [-0.1, -0.05) is 0 Å². The molecule has 0 unspecified atom stereocenters. The molecule has 1 heterocycles. The summed E-state index contributed by atoms with van der Waals surface area (Å²) in [6.45, 7) is 2.39. The number of nitrogens with one attached hydrogen (secondary N) is 1. The van der Waals surface area contributed by atoms with Crippen molar-refractivity contribution < 1.29 is 24.0 Å². The summed E-state index contributed by atoms with van der Waals surface area (Å²) in [6, 6.07) is 9.02. The van der Waals surface area contributed by atoms with Gasteiger partial charge in [-0.25, -0.2) is 5.43 Å². The van der Waals surface area contributed by atoms with Crippen molar-refractivity contribution in [1.82, 2.24) is 5.43 Å². The molecule has 2 N–H and O–H groups in total. The van der Waals surface area contributed by atoms with Crippen molar-refractivity contribution in [3.8, 4) is 11.5 Å². The van der Waals surface area contributed by atoms with E-state index < -0.39 is 10.8 Å². The molecule has 0 fully saturated rings. The van der Waals surface area contributed by atoms with Crippen LogP contribution in [-0.2, 0) is 0 Å². The Morgan fingerprint density at radius 2 is 2.18 bits per heavy atom. The van der Waals surface area contributed by atoms with Crippen molar-refractivity contribution in [2.24, 2.45) is 5.10 Å². The second-order valence-corrected chi connectivity index (χ2v) is 6.42. The molecule has 0 bridgehead atoms. The molecule has 0 atom stereocenters. The standard InChI is InChI=1S/C18H14BrN3O6/c1-2-27-13-3-4-15-10(6-13)7-16(28-15)18(24)21-20-9-11-5-12(22(25)26)8-14(19)17(11)23/h3-9,23H,2H2,1H3,(H,21,24)/b20-9+. The van der Waals surface area contributed by atoms with Gasteiger partial charge in [-0.2, -0.15) is 5.10 Å². The monoisotopic (exact) mass is 447 g/mol. The number of nitrogens with zero attached hydrogens (tertiary/aromatic N) is 2. The average Bonchev–Trinajstić information content (AvgIpc) is 3.08. The molecule has 0 saturated carbocycles. The maximum Gasteiger partial charge on any atom is 0.307 e. The number of benzene rings is 2. The average molecular weight is 448 g/mol. The van der Waals surface area contributed by atoms with Crippen LogP contribution in [0.3, 0.4) is 0 Å². The van der Waals surface area contributed by atoms with E-state index in [9.17, 15) is 20.0 Å². The van der Waals surface area contributed by atoms with Crippen molar-refractivity contribution in [3.05, 3.63) is 62.3 Å². The number of nitro groups is 1. The van der Waals surface area contributed by atoms with Gasteiger partial charge in [0.25, 0.3) is 5.69 Å². The molecule has 28 heavy (non-hydrogen) atoms. The van der Waals surface area contributed by atoms with Crippen molar-refractivity contribution in [1.29, 1.82) is 0 Å². The summed E-state index contributed by atoms with van der Waals surface area (Å²) < 4.78 is 11.0. The number of amides is 1. The summed E-state index contributed by atoms with van der Waals surface area (Å²) in [5.74, 6) is -0.164. The molecule has 2 aromatic carbocycles. The number of furan rings is 1. The normalized spacial score (nSPS) is 11.1. The predicted molar refractivity (Wildman–Crippen MR) is 105 cm³/mol. The lowest BCUT2D eigenvalue weighted by Gasteiger charge is -2.02. The number of phenolic OH excluding ortho intramolecular Hbond substituents is 1. The number of aromatic hydroxyl groups is 1. The number of rotatable bonds is 6. The molecule has 1 aromatic heterocycles. The fourth-order valence-corrected chi connectivity index (χ4v) is 2.88. The molecule has 144 valence electrons. The first kappa shape index (κ1) is 19.4. The van der Waals surface area contributed by atoms with E-state index in [4.69, 9.17) is 9.15 Å². The zero-order valence-corrected chi connectivity index (χ0v) is 16.1. The van der Waals surface area contributed by atoms with Crippen LogP contribution < -0.4 is 10.2 Å². The van der Waals surface area contributed by atoms with Gasteiger partial charge in [-0.3, -0.25) is 14.9 Å². The molecule has 0 radical (unpaired) electrons. The Morgan fingerprint density at radius 3 is 2.89 bits per heavy atom. The van der Waals surface area contributed by atoms with Gasteiger partial charge in [0.15, 0.2) is 5.76 Å². The zero-order chi connectivity index (χ0) is 20.3. The second-order valence-electron chi connectivity index (χ2n) is 5.56. The smallest absolute Gasteiger partial charge is 0.307 e. The summed E-state index contributed by atoms with van der Waals surface area (Å²) >= 11 is 3.03. The third-order valence-electron chi connectivity index (χ3n) is 3.68. The van der Waals surface area contributed by atoms with Crippen LogP contribution >= 0.6 is 15.9 Å². The number of non-ortho nitro benzene ring substituents is 1. The number of fused-ring (bicyclic) bond motifs is 1. The first-order chi connectivity index (χ1) is 13.4. The summed E-state index contributed by atoms with van der Waals surface area (Å²) in [5, 5.41) is 25.3. The second kappa shape index (κ2) is 8.09. The van der Waals surface area contributed by atoms with Gasteiger partial charge < -0.3 is 14.3 Å². The van der Waals surface area contributed by atoms with Crippen LogP contribution in [-0.4, -0.2) is 28.8 Å². The highest BCUT2D eigenvalue weighted by Crippen LogP contribution is 2.31. The third-order valence-corrected chi connectivity index (χ3v) is 4.29. The first-order valence-corrected chi connectivity index (χ1v) is 8.85. The van der Waals surface area contributed by atoms with Crippen LogP contribution in [0.5, 0.6) is 11.5 Å². The Kier molecular flexibility index (Phi) is 5.59. The minimum atomic E-state index is -0.616. The number of hydrazone groups is 1. The molecular formula is C18H14BrN3O6. The zero-order valence-electron chi connectivity index (χ0n) is 14.5. The molecular weight excluding hydrogens is 434 g/mol. The summed E-state index contributed by atoms with van der Waals surface area (Å²) in [5.41, 5.74) is 2.59. The number of carbonyl (C=O) groups is 1. The number of hydrogen-bond donors (Lipinski definition) is 2. The predicted octanol–water partition coefficient (Wildman–Crippen LogP) is 3.97. The number of phenols is 1. The molecule has 0 saturated heterocycles. The Hall–Kier alpha value is -3.40. The molecule has 10 heteroatoms. The number of carbonyl (C=O) groups excluding carboxylic acids is 1. The van der Waals surface area contributed by atoms with E-state index in [1.807, 2.05) is 6.92 Å². The van der Waals surface area contributed by atoms with Crippen molar-refractivity contribution in [2.45, 2.75) is 6.92 Å². The third kappa shape index (κ3) is 4.12. The molecule has 9 nitrogen and oxygen atoms in total. The van der Waals surface area contributed by atoms with Crippen molar-refractivity contribution >= 4 is 44.7 Å². The molecule has 0 aliphatic carbocycles. The van der Waals surface area contributed by atoms with Gasteiger partial charge in [0, 0.05) is 23.1 Å². The SMILES string of the molecule is CCOc1ccc2oc(C(=O)N/N=C/c3cc([N+](=O)[O-])cc(Br)c3O)cc2c1. The van der Waals surface area contributed by atoms with Crippen LogP contribution in [0.15, 0.2) is 50.4 Å². The fraction of sp³-hybridized carbons (Fsp3) is 0.111. The van der Waals surface area contributed by atoms with Crippen LogP contribution in [0.4, 0.5) is 5.69 Å². The summed E-state index contributed by atoms with van der Waals surface area (Å²) in [7, 11) is 0. The molecule has 3 aromatic rings. The Labute approximate surface area is 166 Å². The topological polar surface area (TPSA) is 127 Å². The van der Waals surface area contributed by atoms with Crippen LogP contribution in [0.1, 0.15) is 23.0 Å². The van der Waals surface area contributed by atoms with Gasteiger partial charge in [0.1, 0.15) is 17.1 Å². The van der Waals surface area contributed by atoms with Gasteiger partial charge in [-0.15, -0.1) is 0 Å². The van der Waals surface area contributed by atoms with Crippen molar-refractivity contribution in [2.75, 3.05) is 6.61 Å².